The van der Waals surface area contributed by atoms with Crippen molar-refractivity contribution in [3.63, 3.8) is 0 Å². The van der Waals surface area contributed by atoms with Gasteiger partial charge in [0.1, 0.15) is 11.4 Å². The molecule has 1 aromatic heterocycles. The summed E-state index contributed by atoms with van der Waals surface area (Å²) in [5, 5.41) is 0. The zero-order chi connectivity index (χ0) is 24.3. The number of aromatic amines is 1. The van der Waals surface area contributed by atoms with Crippen molar-refractivity contribution < 1.29 is 19.1 Å². The van der Waals surface area contributed by atoms with Gasteiger partial charge in [-0.25, -0.2) is 14.6 Å². The van der Waals surface area contributed by atoms with Crippen LogP contribution in [0, 0.1) is 0 Å². The molecule has 2 atom stereocenters. The third kappa shape index (κ3) is 5.14. The summed E-state index contributed by atoms with van der Waals surface area (Å²) in [6, 6.07) is 17.1. The maximum absolute atomic E-state index is 13.2. The number of nitrogens with zero attached hydrogens (tertiary/aromatic N) is 2. The van der Waals surface area contributed by atoms with E-state index in [1.165, 1.54) is 7.11 Å². The van der Waals surface area contributed by atoms with Crippen molar-refractivity contribution in [2.45, 2.75) is 51.2 Å². The fourth-order valence-corrected chi connectivity index (χ4v) is 4.47. The summed E-state index contributed by atoms with van der Waals surface area (Å²) in [6.45, 7) is 6.21. The maximum Gasteiger partial charge on any atom is 0.410 e. The minimum Gasteiger partial charge on any atom is -0.465 e. The molecule has 0 saturated carbocycles. The van der Waals surface area contributed by atoms with Gasteiger partial charge in [0.25, 0.3) is 0 Å². The summed E-state index contributed by atoms with van der Waals surface area (Å²) in [5.74, 6) is 0.370. The van der Waals surface area contributed by atoms with E-state index >= 15 is 0 Å². The van der Waals surface area contributed by atoms with E-state index in [0.29, 0.717) is 17.9 Å². The quantitative estimate of drug-likeness (QED) is 0.503. The van der Waals surface area contributed by atoms with Gasteiger partial charge < -0.3 is 14.5 Å². The Morgan fingerprint density at radius 2 is 1.85 bits per heavy atom. The van der Waals surface area contributed by atoms with Crippen LogP contribution in [-0.2, 0) is 9.47 Å². The van der Waals surface area contributed by atoms with Crippen molar-refractivity contribution in [3.05, 3.63) is 77.7 Å². The third-order valence-electron chi connectivity index (χ3n) is 5.96. The molecule has 0 spiro atoms. The van der Waals surface area contributed by atoms with Gasteiger partial charge in [0.2, 0.25) is 0 Å². The summed E-state index contributed by atoms with van der Waals surface area (Å²) in [7, 11) is 1.36. The number of ether oxygens (including phenoxy) is 2. The molecule has 1 fully saturated rings. The van der Waals surface area contributed by atoms with Crippen LogP contribution in [0.4, 0.5) is 4.79 Å². The molecule has 0 aliphatic carbocycles. The van der Waals surface area contributed by atoms with Gasteiger partial charge in [-0.15, -0.1) is 0 Å². The zero-order valence-corrected chi connectivity index (χ0v) is 20.1. The summed E-state index contributed by atoms with van der Waals surface area (Å²) in [4.78, 5) is 35.1. The molecule has 7 nitrogen and oxygen atoms in total. The number of carbonyl (C=O) groups is 2. The molecule has 2 unspecified atom stereocenters. The lowest BCUT2D eigenvalue weighted by Gasteiger charge is -2.41. The first-order valence-corrected chi connectivity index (χ1v) is 11.5. The monoisotopic (exact) mass is 461 g/mol. The van der Waals surface area contributed by atoms with Crippen LogP contribution in [0.25, 0.3) is 11.3 Å². The van der Waals surface area contributed by atoms with Crippen molar-refractivity contribution in [2.24, 2.45) is 0 Å². The SMILES string of the molecule is COC(=O)c1cccc(-c2cnc(C3C(c4ccccc4)CCCN3C(=O)OC(C)(C)C)[nH]2)c1. The van der Waals surface area contributed by atoms with Crippen LogP contribution >= 0.6 is 0 Å². The Morgan fingerprint density at radius 1 is 1.09 bits per heavy atom. The molecular formula is C27H31N3O4. The number of H-pyrrole nitrogens is 1. The molecule has 0 bridgehead atoms. The van der Waals surface area contributed by atoms with Gasteiger partial charge in [-0.1, -0.05) is 42.5 Å². The number of methoxy groups -OCH3 is 1. The van der Waals surface area contributed by atoms with Crippen LogP contribution < -0.4 is 0 Å². The Morgan fingerprint density at radius 3 is 2.56 bits per heavy atom. The van der Waals surface area contributed by atoms with Gasteiger partial charge in [0.05, 0.1) is 30.6 Å². The van der Waals surface area contributed by atoms with Crippen LogP contribution in [0.2, 0.25) is 0 Å². The Kier molecular flexibility index (Phi) is 6.72. The van der Waals surface area contributed by atoms with Gasteiger partial charge in [-0.05, 0) is 51.3 Å². The van der Waals surface area contributed by atoms with Crippen LogP contribution in [0.15, 0.2) is 60.8 Å². The molecule has 1 aliphatic rings. The maximum atomic E-state index is 13.2. The molecule has 1 N–H and O–H groups in total. The summed E-state index contributed by atoms with van der Waals surface area (Å²) >= 11 is 0. The molecule has 7 heteroatoms. The number of rotatable bonds is 4. The highest BCUT2D eigenvalue weighted by atomic mass is 16.6. The summed E-state index contributed by atoms with van der Waals surface area (Å²) < 4.78 is 10.6. The summed E-state index contributed by atoms with van der Waals surface area (Å²) in [5.41, 5.74) is 2.61. The predicted octanol–water partition coefficient (Wildman–Crippen LogP) is 5.72. The summed E-state index contributed by atoms with van der Waals surface area (Å²) in [6.07, 6.45) is 3.21. The number of hydrogen-bond acceptors (Lipinski definition) is 5. The topological polar surface area (TPSA) is 84.5 Å². The molecule has 0 radical (unpaired) electrons. The molecule has 178 valence electrons. The van der Waals surface area contributed by atoms with Crippen molar-refractivity contribution in [3.8, 4) is 11.3 Å². The van der Waals surface area contributed by atoms with Gasteiger partial charge in [-0.3, -0.25) is 4.90 Å². The van der Waals surface area contributed by atoms with Crippen LogP contribution in [0.3, 0.4) is 0 Å². The molecule has 3 aromatic rings. The Bertz CT molecular complexity index is 1150. The molecule has 34 heavy (non-hydrogen) atoms. The molecule has 1 amide bonds. The first-order valence-electron chi connectivity index (χ1n) is 11.5. The number of imidazole rings is 1. The highest BCUT2D eigenvalue weighted by molar-refractivity contribution is 5.90. The first-order chi connectivity index (χ1) is 16.3. The van der Waals surface area contributed by atoms with E-state index in [4.69, 9.17) is 14.5 Å². The number of piperidine rings is 1. The van der Waals surface area contributed by atoms with Gasteiger partial charge >= 0.3 is 12.1 Å². The van der Waals surface area contributed by atoms with E-state index in [1.807, 2.05) is 51.1 Å². The Balaban J connectivity index is 1.72. The van der Waals surface area contributed by atoms with E-state index in [-0.39, 0.29) is 18.1 Å². The third-order valence-corrected chi connectivity index (χ3v) is 5.96. The van der Waals surface area contributed by atoms with E-state index in [2.05, 4.69) is 17.1 Å². The lowest BCUT2D eigenvalue weighted by molar-refractivity contribution is 0.00486. The van der Waals surface area contributed by atoms with Crippen LogP contribution in [-0.4, -0.2) is 46.2 Å². The lowest BCUT2D eigenvalue weighted by Crippen LogP contribution is -2.45. The lowest BCUT2D eigenvalue weighted by atomic mass is 9.83. The fraction of sp³-hybridized carbons (Fsp3) is 0.370. The van der Waals surface area contributed by atoms with Crippen LogP contribution in [0.5, 0.6) is 0 Å². The molecule has 4 rings (SSSR count). The van der Waals surface area contributed by atoms with Crippen LogP contribution in [0.1, 0.15) is 67.3 Å². The zero-order valence-electron chi connectivity index (χ0n) is 20.1. The smallest absolute Gasteiger partial charge is 0.410 e. The van der Waals surface area contributed by atoms with E-state index in [0.717, 1.165) is 29.7 Å². The molecule has 1 aliphatic heterocycles. The number of benzene rings is 2. The molecule has 1 saturated heterocycles. The number of nitrogens with one attached hydrogen (secondary N) is 1. The normalized spacial score (nSPS) is 18.4. The van der Waals surface area contributed by atoms with Crippen molar-refractivity contribution in [2.75, 3.05) is 13.7 Å². The van der Waals surface area contributed by atoms with Crippen molar-refractivity contribution in [1.29, 1.82) is 0 Å². The Hall–Kier alpha value is -3.61. The predicted molar refractivity (Wildman–Crippen MR) is 129 cm³/mol. The molecule has 2 heterocycles. The van der Waals surface area contributed by atoms with E-state index < -0.39 is 11.6 Å². The minimum atomic E-state index is -0.593. The second kappa shape index (κ2) is 9.71. The number of esters is 1. The minimum absolute atomic E-state index is 0.0721. The molecule has 2 aromatic carbocycles. The van der Waals surface area contributed by atoms with Gasteiger partial charge in [0.15, 0.2) is 0 Å². The Labute approximate surface area is 200 Å². The number of amides is 1. The number of aromatic nitrogens is 2. The second-order valence-corrected chi connectivity index (χ2v) is 9.53. The number of hydrogen-bond donors (Lipinski definition) is 1. The molecular weight excluding hydrogens is 430 g/mol. The van der Waals surface area contributed by atoms with E-state index in [9.17, 15) is 9.59 Å². The number of carbonyl (C=O) groups excluding carboxylic acids is 2. The van der Waals surface area contributed by atoms with Gasteiger partial charge in [0, 0.05) is 18.0 Å². The second-order valence-electron chi connectivity index (χ2n) is 9.53. The van der Waals surface area contributed by atoms with Crippen molar-refractivity contribution >= 4 is 12.1 Å². The standard InChI is InChI=1S/C27H31N3O4/c1-27(2,3)34-26(32)30-15-9-14-21(18-10-6-5-7-11-18)23(30)24-28-17-22(29-24)19-12-8-13-20(16-19)25(31)33-4/h5-8,10-13,16-17,21,23H,9,14-15H2,1-4H3,(H,28,29). The fourth-order valence-electron chi connectivity index (χ4n) is 4.47. The highest BCUT2D eigenvalue weighted by Crippen LogP contribution is 2.42. The van der Waals surface area contributed by atoms with Crippen molar-refractivity contribution in [1.82, 2.24) is 14.9 Å². The average molecular weight is 462 g/mol. The first kappa shape index (κ1) is 23.5. The number of likely N-dealkylation sites (tertiary alicyclic amines) is 1. The van der Waals surface area contributed by atoms with E-state index in [1.54, 1.807) is 23.2 Å². The van der Waals surface area contributed by atoms with Gasteiger partial charge in [-0.2, -0.15) is 0 Å². The average Bonchev–Trinajstić information content (AvgIpc) is 3.32. The highest BCUT2D eigenvalue weighted by Gasteiger charge is 2.40. The largest absolute Gasteiger partial charge is 0.465 e.